The van der Waals surface area contributed by atoms with Gasteiger partial charge in [0, 0.05) is 12.6 Å². The van der Waals surface area contributed by atoms with Crippen molar-refractivity contribution < 1.29 is 28.2 Å². The predicted octanol–water partition coefficient (Wildman–Crippen LogP) is 5.04. The third kappa shape index (κ3) is 4.71. The second kappa shape index (κ2) is 10.4. The van der Waals surface area contributed by atoms with Gasteiger partial charge in [0.1, 0.15) is 27.8 Å². The smallest absolute Gasteiger partial charge is 0.414 e. The number of amides is 1. The van der Waals surface area contributed by atoms with Crippen LogP contribution in [0.3, 0.4) is 0 Å². The fraction of sp³-hybridized carbons (Fsp3) is 0.417. The molecule has 180 valence electrons. The van der Waals surface area contributed by atoms with Gasteiger partial charge in [-0.2, -0.15) is 0 Å². The first-order chi connectivity index (χ1) is 16.5. The van der Waals surface area contributed by atoms with E-state index in [-0.39, 0.29) is 41.0 Å². The first-order valence-corrected chi connectivity index (χ1v) is 11.6. The van der Waals surface area contributed by atoms with Crippen LogP contribution in [0.5, 0.6) is 5.75 Å². The summed E-state index contributed by atoms with van der Waals surface area (Å²) in [5, 5.41) is 0.207. The van der Waals surface area contributed by atoms with Crippen LogP contribution < -0.4 is 9.64 Å². The van der Waals surface area contributed by atoms with Crippen molar-refractivity contribution in [2.75, 3.05) is 25.2 Å². The van der Waals surface area contributed by atoms with Gasteiger partial charge >= 0.3 is 6.09 Å². The van der Waals surface area contributed by atoms with Crippen LogP contribution in [0, 0.1) is 0 Å². The van der Waals surface area contributed by atoms with Gasteiger partial charge in [-0.25, -0.2) is 14.8 Å². The molecule has 9 nitrogen and oxygen atoms in total. The number of hydrogen-bond acceptors (Lipinski definition) is 8. The Morgan fingerprint density at radius 2 is 2.06 bits per heavy atom. The minimum atomic E-state index is -0.592. The van der Waals surface area contributed by atoms with Gasteiger partial charge in [-0.15, -0.1) is 0 Å². The Balaban J connectivity index is 1.88. The number of furan rings is 1. The zero-order valence-corrected chi connectivity index (χ0v) is 20.0. The van der Waals surface area contributed by atoms with E-state index in [0.29, 0.717) is 36.3 Å². The normalized spacial score (nSPS) is 18.0. The molecule has 10 heteroatoms. The van der Waals surface area contributed by atoms with Crippen LogP contribution in [0.2, 0.25) is 5.15 Å². The summed E-state index contributed by atoms with van der Waals surface area (Å²) in [5.74, 6) is -0.0500. The van der Waals surface area contributed by atoms with Crippen LogP contribution in [0.15, 0.2) is 34.9 Å². The molecule has 2 atom stereocenters. The molecule has 4 heterocycles. The minimum absolute atomic E-state index is 0.0206. The highest BCUT2D eigenvalue weighted by Gasteiger charge is 2.38. The number of hydrogen-bond donors (Lipinski definition) is 0. The number of nitrogens with zero attached hydrogens (tertiary/aromatic N) is 3. The SMILES string of the molecule is CCOC(=O)N(c1c(C(=O)c2ccc(OC)cn2)oc2ccc(Cl)nc12)C1CCOC(CC)C1. The third-order valence-corrected chi connectivity index (χ3v) is 5.96. The Kier molecular flexibility index (Phi) is 7.33. The second-order valence-corrected chi connectivity index (χ2v) is 8.21. The Morgan fingerprint density at radius 1 is 1.24 bits per heavy atom. The van der Waals surface area contributed by atoms with Crippen molar-refractivity contribution in [3.63, 3.8) is 0 Å². The number of anilines is 1. The molecule has 3 aromatic heterocycles. The molecule has 34 heavy (non-hydrogen) atoms. The largest absolute Gasteiger partial charge is 0.495 e. The summed E-state index contributed by atoms with van der Waals surface area (Å²) < 4.78 is 22.3. The van der Waals surface area contributed by atoms with Gasteiger partial charge in [-0.3, -0.25) is 9.69 Å². The number of ketones is 1. The monoisotopic (exact) mass is 487 g/mol. The van der Waals surface area contributed by atoms with Crippen LogP contribution in [0.1, 0.15) is 49.4 Å². The maximum Gasteiger partial charge on any atom is 0.414 e. The average molecular weight is 488 g/mol. The summed E-state index contributed by atoms with van der Waals surface area (Å²) in [6.45, 7) is 4.40. The molecule has 0 bridgehead atoms. The van der Waals surface area contributed by atoms with Crippen LogP contribution >= 0.6 is 11.6 Å². The van der Waals surface area contributed by atoms with Crippen molar-refractivity contribution >= 4 is 40.3 Å². The van der Waals surface area contributed by atoms with E-state index >= 15 is 0 Å². The van der Waals surface area contributed by atoms with Gasteiger partial charge in [0.2, 0.25) is 11.5 Å². The fourth-order valence-corrected chi connectivity index (χ4v) is 4.21. The molecular formula is C24H26ClN3O6. The lowest BCUT2D eigenvalue weighted by atomic mass is 9.99. The summed E-state index contributed by atoms with van der Waals surface area (Å²) in [7, 11) is 1.51. The summed E-state index contributed by atoms with van der Waals surface area (Å²) in [5.41, 5.74) is 0.983. The molecule has 1 amide bonds. The van der Waals surface area contributed by atoms with Crippen LogP contribution in [0.25, 0.3) is 11.1 Å². The number of aromatic nitrogens is 2. The summed E-state index contributed by atoms with van der Waals surface area (Å²) in [6, 6.07) is 6.07. The first kappa shape index (κ1) is 24.0. The molecule has 0 saturated carbocycles. The highest BCUT2D eigenvalue weighted by Crippen LogP contribution is 2.38. The molecule has 3 aromatic rings. The minimum Gasteiger partial charge on any atom is -0.495 e. The van der Waals surface area contributed by atoms with E-state index in [2.05, 4.69) is 9.97 Å². The molecule has 0 N–H and O–H groups in total. The van der Waals surface area contributed by atoms with E-state index in [0.717, 1.165) is 6.42 Å². The van der Waals surface area contributed by atoms with E-state index in [1.54, 1.807) is 25.1 Å². The molecule has 4 rings (SSSR count). The van der Waals surface area contributed by atoms with Crippen molar-refractivity contribution in [2.24, 2.45) is 0 Å². The predicted molar refractivity (Wildman–Crippen MR) is 126 cm³/mol. The van der Waals surface area contributed by atoms with Crippen molar-refractivity contribution in [3.8, 4) is 5.75 Å². The lowest BCUT2D eigenvalue weighted by Gasteiger charge is -2.36. The van der Waals surface area contributed by atoms with Crippen molar-refractivity contribution in [1.82, 2.24) is 9.97 Å². The van der Waals surface area contributed by atoms with E-state index < -0.39 is 11.9 Å². The molecular weight excluding hydrogens is 462 g/mol. The number of carbonyl (C=O) groups excluding carboxylic acids is 2. The molecule has 1 fully saturated rings. The molecule has 0 aliphatic carbocycles. The molecule has 0 spiro atoms. The number of rotatable bonds is 7. The van der Waals surface area contributed by atoms with Gasteiger partial charge in [-0.1, -0.05) is 18.5 Å². The van der Waals surface area contributed by atoms with Crippen LogP contribution in [-0.2, 0) is 9.47 Å². The quantitative estimate of drug-likeness (QED) is 0.337. The maximum absolute atomic E-state index is 13.5. The molecule has 0 radical (unpaired) electrons. The summed E-state index contributed by atoms with van der Waals surface area (Å²) in [4.78, 5) is 36.9. The van der Waals surface area contributed by atoms with Crippen LogP contribution in [0.4, 0.5) is 10.5 Å². The van der Waals surface area contributed by atoms with Crippen molar-refractivity contribution in [2.45, 2.75) is 45.3 Å². The Morgan fingerprint density at radius 3 is 2.74 bits per heavy atom. The van der Waals surface area contributed by atoms with Gasteiger partial charge in [0.15, 0.2) is 5.58 Å². The highest BCUT2D eigenvalue weighted by atomic mass is 35.5. The summed E-state index contributed by atoms with van der Waals surface area (Å²) >= 11 is 6.19. The summed E-state index contributed by atoms with van der Waals surface area (Å²) in [6.07, 6.45) is 2.77. The standard InChI is InChI=1S/C24H26ClN3O6/c1-4-15-12-14(10-11-33-15)28(24(30)32-5-2)21-20-18(8-9-19(25)27-20)34-23(21)22(29)17-7-6-16(31-3)13-26-17/h6-9,13-15H,4-5,10-12H2,1-3H3. The van der Waals surface area contributed by atoms with Crippen LogP contribution in [-0.4, -0.2) is 54.3 Å². The number of carbonyl (C=O) groups is 2. The number of pyridine rings is 2. The van der Waals surface area contributed by atoms with Gasteiger partial charge < -0.3 is 18.6 Å². The molecule has 1 saturated heterocycles. The van der Waals surface area contributed by atoms with Gasteiger partial charge in [0.05, 0.1) is 26.0 Å². The highest BCUT2D eigenvalue weighted by molar-refractivity contribution is 6.30. The fourth-order valence-electron chi connectivity index (χ4n) is 4.06. The topological polar surface area (TPSA) is 104 Å². The number of ether oxygens (including phenoxy) is 3. The van der Waals surface area contributed by atoms with E-state index in [1.165, 1.54) is 24.3 Å². The average Bonchev–Trinajstić information content (AvgIpc) is 3.22. The Bertz CT molecular complexity index is 1180. The van der Waals surface area contributed by atoms with E-state index in [4.69, 9.17) is 30.2 Å². The number of fused-ring (bicyclic) bond motifs is 1. The zero-order chi connectivity index (χ0) is 24.2. The number of halogens is 1. The van der Waals surface area contributed by atoms with E-state index in [9.17, 15) is 9.59 Å². The Labute approximate surface area is 202 Å². The van der Waals surface area contributed by atoms with Crippen molar-refractivity contribution in [1.29, 1.82) is 0 Å². The Hall–Kier alpha value is -3.17. The zero-order valence-electron chi connectivity index (χ0n) is 19.2. The first-order valence-electron chi connectivity index (χ1n) is 11.2. The van der Waals surface area contributed by atoms with E-state index in [1.807, 2.05) is 6.92 Å². The second-order valence-electron chi connectivity index (χ2n) is 7.82. The third-order valence-electron chi connectivity index (χ3n) is 5.75. The number of methoxy groups -OCH3 is 1. The van der Waals surface area contributed by atoms with Gasteiger partial charge in [-0.05, 0) is 50.5 Å². The molecule has 1 aliphatic heterocycles. The van der Waals surface area contributed by atoms with Crippen molar-refractivity contribution in [3.05, 3.63) is 47.1 Å². The lowest BCUT2D eigenvalue weighted by Crippen LogP contribution is -2.46. The molecule has 0 aromatic carbocycles. The van der Waals surface area contributed by atoms with Gasteiger partial charge in [0.25, 0.3) is 0 Å². The maximum atomic E-state index is 13.5. The molecule has 1 aliphatic rings. The lowest BCUT2D eigenvalue weighted by molar-refractivity contribution is 0.00467. The molecule has 2 unspecified atom stereocenters.